The lowest BCUT2D eigenvalue weighted by atomic mass is 10.2. The Morgan fingerprint density at radius 1 is 1.33 bits per heavy atom. The molecule has 0 saturated carbocycles. The summed E-state index contributed by atoms with van der Waals surface area (Å²) in [5.74, 6) is 0.176. The molecule has 2 aromatic heterocycles. The fraction of sp³-hybridized carbons (Fsp3) is 0.438. The molecule has 0 aliphatic carbocycles. The molecule has 114 valence electrons. The number of hydrogen-bond donors (Lipinski definition) is 1. The Morgan fingerprint density at radius 2 is 2.10 bits per heavy atom. The summed E-state index contributed by atoms with van der Waals surface area (Å²) in [7, 11) is 0. The van der Waals surface area contributed by atoms with E-state index in [-0.39, 0.29) is 11.9 Å². The first-order valence-electron chi connectivity index (χ1n) is 7.29. The largest absolute Gasteiger partial charge is 0.342 e. The van der Waals surface area contributed by atoms with Crippen LogP contribution in [0, 0.1) is 0 Å². The summed E-state index contributed by atoms with van der Waals surface area (Å²) in [5.41, 5.74) is 1.27. The molecule has 1 N–H and O–H groups in total. The summed E-state index contributed by atoms with van der Waals surface area (Å²) in [6.07, 6.45) is 0. The Balaban J connectivity index is 1.90. The molecule has 5 heteroatoms. The van der Waals surface area contributed by atoms with Gasteiger partial charge in [-0.1, -0.05) is 6.07 Å². The van der Waals surface area contributed by atoms with Gasteiger partial charge < -0.3 is 10.2 Å². The number of rotatable bonds is 7. The third-order valence-corrected chi connectivity index (χ3v) is 5.34. The molecule has 0 aliphatic rings. The Morgan fingerprint density at radius 3 is 2.71 bits per heavy atom. The van der Waals surface area contributed by atoms with Crippen LogP contribution in [-0.4, -0.2) is 29.9 Å². The van der Waals surface area contributed by atoms with Gasteiger partial charge in [-0.15, -0.1) is 22.7 Å². The third-order valence-electron chi connectivity index (χ3n) is 3.49. The van der Waals surface area contributed by atoms with Gasteiger partial charge in [-0.2, -0.15) is 0 Å². The van der Waals surface area contributed by atoms with Crippen molar-refractivity contribution in [2.75, 3.05) is 13.1 Å². The molecule has 2 rings (SSSR count). The Kier molecular flexibility index (Phi) is 5.96. The van der Waals surface area contributed by atoms with E-state index < -0.39 is 0 Å². The van der Waals surface area contributed by atoms with E-state index in [0.29, 0.717) is 0 Å². The predicted octanol–water partition coefficient (Wildman–Crippen LogP) is 3.82. The molecule has 1 atom stereocenters. The Hall–Kier alpha value is -1.17. The van der Waals surface area contributed by atoms with Crippen molar-refractivity contribution in [1.82, 2.24) is 10.2 Å². The second kappa shape index (κ2) is 7.73. The minimum absolute atomic E-state index is 0.141. The van der Waals surface area contributed by atoms with Crippen LogP contribution in [0.2, 0.25) is 0 Å². The zero-order valence-corrected chi connectivity index (χ0v) is 14.4. The normalized spacial score (nSPS) is 12.3. The molecule has 0 spiro atoms. The van der Waals surface area contributed by atoms with Gasteiger partial charge in [0.15, 0.2) is 0 Å². The summed E-state index contributed by atoms with van der Waals surface area (Å²) in [4.78, 5) is 16.6. The van der Waals surface area contributed by atoms with E-state index in [1.807, 2.05) is 25.7 Å². The van der Waals surface area contributed by atoms with E-state index in [2.05, 4.69) is 34.3 Å². The van der Waals surface area contributed by atoms with E-state index >= 15 is 0 Å². The Labute approximate surface area is 134 Å². The van der Waals surface area contributed by atoms with Gasteiger partial charge in [0.2, 0.25) is 5.91 Å². The molecule has 0 aromatic carbocycles. The minimum Gasteiger partial charge on any atom is -0.342 e. The van der Waals surface area contributed by atoms with Crippen LogP contribution in [0.15, 0.2) is 29.0 Å². The van der Waals surface area contributed by atoms with Gasteiger partial charge in [-0.05, 0) is 43.7 Å². The molecule has 21 heavy (non-hydrogen) atoms. The van der Waals surface area contributed by atoms with E-state index in [9.17, 15) is 4.79 Å². The van der Waals surface area contributed by atoms with Gasteiger partial charge in [0.1, 0.15) is 0 Å². The molecule has 0 fully saturated rings. The van der Waals surface area contributed by atoms with Crippen LogP contribution in [0.5, 0.6) is 0 Å². The van der Waals surface area contributed by atoms with Crippen LogP contribution in [0.3, 0.4) is 0 Å². The number of amides is 1. The summed E-state index contributed by atoms with van der Waals surface area (Å²) < 4.78 is 0. The first-order chi connectivity index (χ1) is 10.2. The van der Waals surface area contributed by atoms with Gasteiger partial charge in [0.05, 0.1) is 6.04 Å². The number of nitrogens with one attached hydrogen (secondary N) is 1. The molecule has 1 amide bonds. The third kappa shape index (κ3) is 4.15. The maximum absolute atomic E-state index is 12.2. The molecule has 0 aliphatic heterocycles. The summed E-state index contributed by atoms with van der Waals surface area (Å²) in [6.45, 7) is 8.24. The van der Waals surface area contributed by atoms with Crippen molar-refractivity contribution in [1.29, 1.82) is 0 Å². The molecule has 2 heterocycles. The average Bonchev–Trinajstić information content (AvgIpc) is 3.16. The highest BCUT2D eigenvalue weighted by molar-refractivity contribution is 7.14. The van der Waals surface area contributed by atoms with E-state index in [4.69, 9.17) is 0 Å². The quantitative estimate of drug-likeness (QED) is 0.840. The zero-order chi connectivity index (χ0) is 15.2. The van der Waals surface area contributed by atoms with Crippen molar-refractivity contribution < 1.29 is 4.79 Å². The maximum atomic E-state index is 12.2. The number of carbonyl (C=O) groups excluding carboxylic acids is 1. The lowest BCUT2D eigenvalue weighted by Gasteiger charge is -2.23. The molecule has 0 bridgehead atoms. The highest BCUT2D eigenvalue weighted by Gasteiger charge is 2.17. The number of thiophene rings is 2. The fourth-order valence-corrected chi connectivity index (χ4v) is 3.82. The van der Waals surface area contributed by atoms with Crippen molar-refractivity contribution in [3.63, 3.8) is 0 Å². The van der Waals surface area contributed by atoms with Crippen molar-refractivity contribution in [3.05, 3.63) is 33.8 Å². The van der Waals surface area contributed by atoms with Gasteiger partial charge in [0.25, 0.3) is 0 Å². The van der Waals surface area contributed by atoms with Crippen LogP contribution < -0.4 is 5.32 Å². The maximum Gasteiger partial charge on any atom is 0.239 e. The molecule has 3 nitrogen and oxygen atoms in total. The van der Waals surface area contributed by atoms with E-state index in [1.54, 1.807) is 22.7 Å². The lowest BCUT2D eigenvalue weighted by Crippen LogP contribution is -2.44. The molecule has 2 aromatic rings. The van der Waals surface area contributed by atoms with Gasteiger partial charge in [-0.25, -0.2) is 0 Å². The second-order valence-electron chi connectivity index (χ2n) is 4.89. The molecule has 0 saturated heterocycles. The first kappa shape index (κ1) is 16.2. The monoisotopic (exact) mass is 322 g/mol. The van der Waals surface area contributed by atoms with Crippen LogP contribution in [0.1, 0.15) is 25.6 Å². The lowest BCUT2D eigenvalue weighted by molar-refractivity contribution is -0.132. The number of likely N-dealkylation sites (N-methyl/N-ethyl adjacent to an activating group) is 1. The average molecular weight is 322 g/mol. The van der Waals surface area contributed by atoms with E-state index in [1.165, 1.54) is 15.3 Å². The highest BCUT2D eigenvalue weighted by atomic mass is 32.1. The van der Waals surface area contributed by atoms with Crippen molar-refractivity contribution >= 4 is 28.6 Å². The van der Waals surface area contributed by atoms with Crippen molar-refractivity contribution in [2.45, 2.75) is 33.4 Å². The molecule has 0 radical (unpaired) electrons. The van der Waals surface area contributed by atoms with Crippen LogP contribution >= 0.6 is 22.7 Å². The second-order valence-corrected chi connectivity index (χ2v) is 6.84. The summed E-state index contributed by atoms with van der Waals surface area (Å²) in [6, 6.07) is 6.27. The van der Waals surface area contributed by atoms with Crippen molar-refractivity contribution in [2.24, 2.45) is 0 Å². The Bertz CT molecular complexity index is 559. The first-order valence-corrected chi connectivity index (χ1v) is 9.05. The van der Waals surface area contributed by atoms with E-state index in [0.717, 1.165) is 19.6 Å². The molecular formula is C16H22N2OS2. The number of nitrogens with zero attached hydrogens (tertiary/aromatic N) is 1. The predicted molar refractivity (Wildman–Crippen MR) is 91.9 cm³/mol. The van der Waals surface area contributed by atoms with Crippen molar-refractivity contribution in [3.8, 4) is 10.4 Å². The topological polar surface area (TPSA) is 32.3 Å². The van der Waals surface area contributed by atoms with Gasteiger partial charge >= 0.3 is 0 Å². The standard InChI is InChI=1S/C16H22N2OS2/c1-4-18(5-2)16(19)12(3)17-10-14-9-13(11-21-14)15-7-6-8-20-15/h6-9,11-12,17H,4-5,10H2,1-3H3. The SMILES string of the molecule is CCN(CC)C(=O)C(C)NCc1cc(-c2cccs2)cs1. The van der Waals surface area contributed by atoms with Crippen LogP contribution in [0.4, 0.5) is 0 Å². The van der Waals surface area contributed by atoms with Crippen LogP contribution in [0.25, 0.3) is 10.4 Å². The fourth-order valence-electron chi connectivity index (χ4n) is 2.20. The van der Waals surface area contributed by atoms with Gasteiger partial charge in [0, 0.05) is 35.0 Å². The zero-order valence-electron chi connectivity index (χ0n) is 12.8. The smallest absolute Gasteiger partial charge is 0.239 e. The molecular weight excluding hydrogens is 300 g/mol. The van der Waals surface area contributed by atoms with Crippen LogP contribution in [-0.2, 0) is 11.3 Å². The minimum atomic E-state index is -0.141. The summed E-state index contributed by atoms with van der Waals surface area (Å²) in [5, 5.41) is 7.60. The number of carbonyl (C=O) groups is 1. The highest BCUT2D eigenvalue weighted by Crippen LogP contribution is 2.29. The molecule has 1 unspecified atom stereocenters. The van der Waals surface area contributed by atoms with Gasteiger partial charge in [-0.3, -0.25) is 4.79 Å². The number of hydrogen-bond acceptors (Lipinski definition) is 4. The summed E-state index contributed by atoms with van der Waals surface area (Å²) >= 11 is 3.49.